The van der Waals surface area contributed by atoms with E-state index in [9.17, 15) is 18.0 Å². The molecular formula is C20H29N3O5S. The Labute approximate surface area is 172 Å². The molecule has 1 atom stereocenters. The zero-order chi connectivity index (χ0) is 21.2. The van der Waals surface area contributed by atoms with Gasteiger partial charge in [0.15, 0.2) is 6.61 Å². The molecule has 0 aliphatic carbocycles. The number of nitrogens with one attached hydrogen (secondary N) is 2. The first-order valence-corrected chi connectivity index (χ1v) is 11.5. The van der Waals surface area contributed by atoms with Crippen LogP contribution in [0.5, 0.6) is 5.75 Å². The van der Waals surface area contributed by atoms with E-state index in [1.54, 1.807) is 13.0 Å². The number of fused-ring (bicyclic) bond motifs is 1. The summed E-state index contributed by atoms with van der Waals surface area (Å²) in [6.45, 7) is 6.89. The second kappa shape index (κ2) is 8.71. The van der Waals surface area contributed by atoms with E-state index < -0.39 is 10.0 Å². The molecular weight excluding hydrogens is 394 g/mol. The van der Waals surface area contributed by atoms with Gasteiger partial charge in [0.05, 0.1) is 16.5 Å². The van der Waals surface area contributed by atoms with Crippen molar-refractivity contribution in [3.05, 3.63) is 17.7 Å². The molecule has 1 aromatic rings. The van der Waals surface area contributed by atoms with E-state index in [1.807, 2.05) is 0 Å². The van der Waals surface area contributed by atoms with Gasteiger partial charge in [-0.3, -0.25) is 9.59 Å². The second-order valence-electron chi connectivity index (χ2n) is 8.13. The number of carbonyl (C=O) groups excluding carboxylic acids is 2. The molecule has 8 nitrogen and oxygen atoms in total. The normalized spacial score (nSPS) is 20.0. The molecule has 0 bridgehead atoms. The molecule has 1 aromatic carbocycles. The molecule has 0 aromatic heterocycles. The third-order valence-corrected chi connectivity index (χ3v) is 7.31. The lowest BCUT2D eigenvalue weighted by molar-refractivity contribution is -0.126. The predicted molar refractivity (Wildman–Crippen MR) is 109 cm³/mol. The Morgan fingerprint density at radius 2 is 2.14 bits per heavy atom. The van der Waals surface area contributed by atoms with Crippen LogP contribution in [0, 0.1) is 18.8 Å². The smallest absolute Gasteiger partial charge is 0.262 e. The number of benzene rings is 1. The number of anilines is 1. The number of hydrogen-bond donors (Lipinski definition) is 2. The number of rotatable bonds is 6. The maximum Gasteiger partial charge on any atom is 0.262 e. The molecule has 2 N–H and O–H groups in total. The van der Waals surface area contributed by atoms with Crippen molar-refractivity contribution in [2.24, 2.45) is 11.8 Å². The quantitative estimate of drug-likeness (QED) is 0.727. The Morgan fingerprint density at radius 3 is 2.86 bits per heavy atom. The maximum atomic E-state index is 13.3. The summed E-state index contributed by atoms with van der Waals surface area (Å²) in [5.41, 5.74) is 0.997. The first kappa shape index (κ1) is 21.6. The standard InChI is InChI=1S/C20H29N3O5S/c1-13(2)6-7-21-20(25)15-5-4-8-23(11-15)29(26,27)18-10-17-16(9-14(18)3)22-19(24)12-28-17/h9-10,13,15H,4-8,11-12H2,1-3H3,(H,21,25)(H,22,24)/t15-/m1/s1. The third kappa shape index (κ3) is 4.90. The minimum atomic E-state index is -3.78. The highest BCUT2D eigenvalue weighted by Crippen LogP contribution is 2.35. The lowest BCUT2D eigenvalue weighted by Crippen LogP contribution is -2.45. The van der Waals surface area contributed by atoms with Crippen LogP contribution in [-0.4, -0.2) is 50.8 Å². The topological polar surface area (TPSA) is 105 Å². The molecule has 1 saturated heterocycles. The van der Waals surface area contributed by atoms with Gasteiger partial charge < -0.3 is 15.4 Å². The Hall–Kier alpha value is -2.13. The van der Waals surface area contributed by atoms with E-state index >= 15 is 0 Å². The molecule has 160 valence electrons. The van der Waals surface area contributed by atoms with Crippen molar-refractivity contribution < 1.29 is 22.7 Å². The fourth-order valence-corrected chi connectivity index (χ4v) is 5.38. The number of nitrogens with zero attached hydrogens (tertiary/aromatic N) is 1. The molecule has 9 heteroatoms. The van der Waals surface area contributed by atoms with E-state index in [2.05, 4.69) is 24.5 Å². The maximum absolute atomic E-state index is 13.3. The highest BCUT2D eigenvalue weighted by atomic mass is 32.2. The predicted octanol–water partition coefficient (Wildman–Crippen LogP) is 1.89. The number of sulfonamides is 1. The Balaban J connectivity index is 1.75. The fourth-order valence-electron chi connectivity index (χ4n) is 3.64. The van der Waals surface area contributed by atoms with Gasteiger partial charge in [0.2, 0.25) is 15.9 Å². The van der Waals surface area contributed by atoms with E-state index in [0.29, 0.717) is 48.8 Å². The van der Waals surface area contributed by atoms with Crippen LogP contribution in [0.3, 0.4) is 0 Å². The van der Waals surface area contributed by atoms with Gasteiger partial charge >= 0.3 is 0 Å². The Kier molecular flexibility index (Phi) is 6.48. The third-order valence-electron chi connectivity index (χ3n) is 5.30. The zero-order valence-electron chi connectivity index (χ0n) is 17.2. The molecule has 0 saturated carbocycles. The highest BCUT2D eigenvalue weighted by molar-refractivity contribution is 7.89. The first-order valence-electron chi connectivity index (χ1n) is 10.0. The van der Waals surface area contributed by atoms with Gasteiger partial charge in [0.25, 0.3) is 5.91 Å². The number of hydrogen-bond acceptors (Lipinski definition) is 5. The Morgan fingerprint density at radius 1 is 1.38 bits per heavy atom. The molecule has 2 heterocycles. The van der Waals surface area contributed by atoms with E-state index in [4.69, 9.17) is 4.74 Å². The minimum Gasteiger partial charge on any atom is -0.482 e. The van der Waals surface area contributed by atoms with E-state index in [1.165, 1.54) is 10.4 Å². The number of piperidine rings is 1. The van der Waals surface area contributed by atoms with Gasteiger partial charge in [-0.2, -0.15) is 4.31 Å². The summed E-state index contributed by atoms with van der Waals surface area (Å²) >= 11 is 0. The summed E-state index contributed by atoms with van der Waals surface area (Å²) in [5.74, 6) is 0.138. The number of amides is 2. The molecule has 2 aliphatic rings. The lowest BCUT2D eigenvalue weighted by Gasteiger charge is -2.32. The van der Waals surface area contributed by atoms with E-state index in [-0.39, 0.29) is 35.8 Å². The molecule has 0 spiro atoms. The summed E-state index contributed by atoms with van der Waals surface area (Å²) in [6.07, 6.45) is 2.21. The SMILES string of the molecule is Cc1cc2c(cc1S(=O)(=O)N1CCC[C@@H](C(=O)NCCC(C)C)C1)OCC(=O)N2. The summed E-state index contributed by atoms with van der Waals surface area (Å²) in [7, 11) is -3.78. The molecule has 0 unspecified atom stereocenters. The average molecular weight is 424 g/mol. The van der Waals surface area contributed by atoms with Gasteiger partial charge in [0, 0.05) is 25.7 Å². The van der Waals surface area contributed by atoms with Crippen molar-refractivity contribution in [1.29, 1.82) is 0 Å². The molecule has 1 fully saturated rings. The monoisotopic (exact) mass is 423 g/mol. The van der Waals surface area contributed by atoms with Crippen molar-refractivity contribution in [2.45, 2.75) is 44.9 Å². The fraction of sp³-hybridized carbons (Fsp3) is 0.600. The summed E-state index contributed by atoms with van der Waals surface area (Å²) in [6, 6.07) is 3.07. The van der Waals surface area contributed by atoms with Crippen LogP contribution in [0.15, 0.2) is 17.0 Å². The van der Waals surface area contributed by atoms with Crippen molar-refractivity contribution in [1.82, 2.24) is 9.62 Å². The van der Waals surface area contributed by atoms with Crippen molar-refractivity contribution >= 4 is 27.5 Å². The van der Waals surface area contributed by atoms with Crippen LogP contribution >= 0.6 is 0 Å². The number of ether oxygens (including phenoxy) is 1. The molecule has 0 radical (unpaired) electrons. The molecule has 2 aliphatic heterocycles. The number of carbonyl (C=O) groups is 2. The minimum absolute atomic E-state index is 0.0845. The van der Waals surface area contributed by atoms with Crippen LogP contribution in [-0.2, 0) is 19.6 Å². The molecule has 2 amide bonds. The first-order chi connectivity index (χ1) is 13.7. The van der Waals surface area contributed by atoms with Gasteiger partial charge in [-0.1, -0.05) is 13.8 Å². The van der Waals surface area contributed by atoms with E-state index in [0.717, 1.165) is 6.42 Å². The van der Waals surface area contributed by atoms with Crippen molar-refractivity contribution in [3.8, 4) is 5.75 Å². The lowest BCUT2D eigenvalue weighted by atomic mass is 9.98. The van der Waals surface area contributed by atoms with Crippen LogP contribution in [0.2, 0.25) is 0 Å². The van der Waals surface area contributed by atoms with Gasteiger partial charge in [-0.25, -0.2) is 8.42 Å². The number of aryl methyl sites for hydroxylation is 1. The van der Waals surface area contributed by atoms with Crippen molar-refractivity contribution in [3.63, 3.8) is 0 Å². The van der Waals surface area contributed by atoms with Crippen LogP contribution < -0.4 is 15.4 Å². The van der Waals surface area contributed by atoms with Crippen LogP contribution in [0.4, 0.5) is 5.69 Å². The summed E-state index contributed by atoms with van der Waals surface area (Å²) in [5, 5.41) is 5.61. The second-order valence-corrected chi connectivity index (χ2v) is 10.0. The zero-order valence-corrected chi connectivity index (χ0v) is 18.0. The Bertz CT molecular complexity index is 898. The van der Waals surface area contributed by atoms with Crippen LogP contribution in [0.1, 0.15) is 38.7 Å². The van der Waals surface area contributed by atoms with Crippen molar-refractivity contribution in [2.75, 3.05) is 31.6 Å². The highest BCUT2D eigenvalue weighted by Gasteiger charge is 2.35. The van der Waals surface area contributed by atoms with Crippen LogP contribution in [0.25, 0.3) is 0 Å². The van der Waals surface area contributed by atoms with Gasteiger partial charge in [-0.15, -0.1) is 0 Å². The summed E-state index contributed by atoms with van der Waals surface area (Å²) in [4.78, 5) is 24.1. The van der Waals surface area contributed by atoms with Gasteiger partial charge in [0.1, 0.15) is 5.75 Å². The average Bonchev–Trinajstić information content (AvgIpc) is 2.67. The molecule has 3 rings (SSSR count). The van der Waals surface area contributed by atoms with Gasteiger partial charge in [-0.05, 0) is 43.7 Å². The summed E-state index contributed by atoms with van der Waals surface area (Å²) < 4.78 is 33.3. The molecule has 29 heavy (non-hydrogen) atoms. The largest absolute Gasteiger partial charge is 0.482 e.